The smallest absolute Gasteiger partial charge is 0.224 e. The van der Waals surface area contributed by atoms with Gasteiger partial charge in [-0.25, -0.2) is 0 Å². The second kappa shape index (κ2) is 10.6. The summed E-state index contributed by atoms with van der Waals surface area (Å²) in [5, 5.41) is 2.96. The molecule has 156 valence electrons. The minimum absolute atomic E-state index is 0.00180. The Morgan fingerprint density at radius 2 is 1.90 bits per heavy atom. The fraction of sp³-hybridized carbons (Fsp3) is 0.435. The van der Waals surface area contributed by atoms with E-state index in [0.29, 0.717) is 25.4 Å². The molecule has 1 N–H and O–H groups in total. The standard InChI is InChI=1S/C23H29BrN2O3/c1-17(2)18-5-10-22(21(24)16-18)29-13-3-4-23(27)25-19-6-8-20(9-7-19)26-11-14-28-15-12-26/h5-10,16-17H,3-4,11-15H2,1-2H3,(H,25,27). The molecule has 0 radical (unpaired) electrons. The van der Waals surface area contributed by atoms with Crippen LogP contribution < -0.4 is 15.0 Å². The van der Waals surface area contributed by atoms with Crippen LogP contribution in [0.4, 0.5) is 11.4 Å². The van der Waals surface area contributed by atoms with E-state index in [-0.39, 0.29) is 5.91 Å². The third-order valence-corrected chi connectivity index (χ3v) is 5.58. The number of halogens is 1. The average molecular weight is 461 g/mol. The van der Waals surface area contributed by atoms with E-state index >= 15 is 0 Å². The number of ether oxygens (including phenoxy) is 2. The van der Waals surface area contributed by atoms with Crippen molar-refractivity contribution in [1.29, 1.82) is 0 Å². The molecule has 0 saturated carbocycles. The van der Waals surface area contributed by atoms with Crippen LogP contribution in [0.2, 0.25) is 0 Å². The van der Waals surface area contributed by atoms with Gasteiger partial charge in [0.25, 0.3) is 0 Å². The van der Waals surface area contributed by atoms with Gasteiger partial charge in [0, 0.05) is 30.9 Å². The topological polar surface area (TPSA) is 50.8 Å². The van der Waals surface area contributed by atoms with Crippen molar-refractivity contribution < 1.29 is 14.3 Å². The molecular formula is C23H29BrN2O3. The Hall–Kier alpha value is -2.05. The Balaban J connectivity index is 1.40. The number of carbonyl (C=O) groups is 1. The van der Waals surface area contributed by atoms with Crippen LogP contribution in [0, 0.1) is 0 Å². The molecule has 5 nitrogen and oxygen atoms in total. The molecule has 29 heavy (non-hydrogen) atoms. The fourth-order valence-electron chi connectivity index (χ4n) is 3.21. The summed E-state index contributed by atoms with van der Waals surface area (Å²) in [4.78, 5) is 14.5. The Bertz CT molecular complexity index is 802. The van der Waals surface area contributed by atoms with Crippen molar-refractivity contribution in [2.75, 3.05) is 43.1 Å². The summed E-state index contributed by atoms with van der Waals surface area (Å²) in [6.07, 6.45) is 1.09. The number of hydrogen-bond donors (Lipinski definition) is 1. The van der Waals surface area contributed by atoms with Crippen molar-refractivity contribution in [3.63, 3.8) is 0 Å². The Morgan fingerprint density at radius 3 is 2.55 bits per heavy atom. The van der Waals surface area contributed by atoms with Crippen LogP contribution >= 0.6 is 15.9 Å². The zero-order valence-corrected chi connectivity index (χ0v) is 18.7. The van der Waals surface area contributed by atoms with E-state index in [9.17, 15) is 4.79 Å². The fourth-order valence-corrected chi connectivity index (χ4v) is 3.72. The van der Waals surface area contributed by atoms with Gasteiger partial charge in [-0.1, -0.05) is 19.9 Å². The molecule has 2 aromatic carbocycles. The summed E-state index contributed by atoms with van der Waals surface area (Å²) < 4.78 is 12.1. The quantitative estimate of drug-likeness (QED) is 0.549. The van der Waals surface area contributed by atoms with Crippen LogP contribution in [0.1, 0.15) is 38.2 Å². The van der Waals surface area contributed by atoms with E-state index in [1.165, 1.54) is 5.56 Å². The third kappa shape index (κ3) is 6.47. The number of rotatable bonds is 8. The molecule has 3 rings (SSSR count). The van der Waals surface area contributed by atoms with Gasteiger partial charge in [0.05, 0.1) is 24.3 Å². The maximum Gasteiger partial charge on any atom is 0.224 e. The highest BCUT2D eigenvalue weighted by Gasteiger charge is 2.11. The largest absolute Gasteiger partial charge is 0.492 e. The second-order valence-corrected chi connectivity index (χ2v) is 8.35. The lowest BCUT2D eigenvalue weighted by atomic mass is 10.0. The second-order valence-electron chi connectivity index (χ2n) is 7.49. The molecule has 0 atom stereocenters. The highest BCUT2D eigenvalue weighted by molar-refractivity contribution is 9.10. The van der Waals surface area contributed by atoms with Crippen LogP contribution in [0.15, 0.2) is 46.9 Å². The van der Waals surface area contributed by atoms with Crippen LogP contribution in [-0.2, 0) is 9.53 Å². The van der Waals surface area contributed by atoms with E-state index in [0.717, 1.165) is 47.9 Å². The highest BCUT2D eigenvalue weighted by atomic mass is 79.9. The summed E-state index contributed by atoms with van der Waals surface area (Å²) in [5.74, 6) is 1.29. The molecule has 6 heteroatoms. The Kier molecular flexibility index (Phi) is 7.95. The molecular weight excluding hydrogens is 432 g/mol. The van der Waals surface area contributed by atoms with E-state index in [1.54, 1.807) is 0 Å². The first kappa shape index (κ1) is 21.7. The molecule has 2 aromatic rings. The van der Waals surface area contributed by atoms with E-state index in [4.69, 9.17) is 9.47 Å². The van der Waals surface area contributed by atoms with Crippen LogP contribution in [-0.4, -0.2) is 38.8 Å². The average Bonchev–Trinajstić information content (AvgIpc) is 2.73. The maximum absolute atomic E-state index is 12.2. The van der Waals surface area contributed by atoms with Crippen molar-refractivity contribution in [1.82, 2.24) is 0 Å². The Labute approximate surface area is 181 Å². The lowest BCUT2D eigenvalue weighted by Crippen LogP contribution is -2.36. The predicted octanol–water partition coefficient (Wildman–Crippen LogP) is 5.21. The van der Waals surface area contributed by atoms with Crippen molar-refractivity contribution in [3.05, 3.63) is 52.5 Å². The van der Waals surface area contributed by atoms with Crippen LogP contribution in [0.25, 0.3) is 0 Å². The number of nitrogens with zero attached hydrogens (tertiary/aromatic N) is 1. The Morgan fingerprint density at radius 1 is 1.17 bits per heavy atom. The van der Waals surface area contributed by atoms with Crippen LogP contribution in [0.5, 0.6) is 5.75 Å². The first-order valence-corrected chi connectivity index (χ1v) is 11.0. The van der Waals surface area contributed by atoms with Gasteiger partial charge in [-0.2, -0.15) is 0 Å². The summed E-state index contributed by atoms with van der Waals surface area (Å²) in [6, 6.07) is 14.1. The predicted molar refractivity (Wildman–Crippen MR) is 121 cm³/mol. The lowest BCUT2D eigenvalue weighted by molar-refractivity contribution is -0.116. The van der Waals surface area contributed by atoms with Crippen molar-refractivity contribution in [2.45, 2.75) is 32.6 Å². The zero-order chi connectivity index (χ0) is 20.6. The van der Waals surface area contributed by atoms with Gasteiger partial charge < -0.3 is 19.7 Å². The molecule has 1 fully saturated rings. The first-order chi connectivity index (χ1) is 14.0. The van der Waals surface area contributed by atoms with Gasteiger partial charge in [0.15, 0.2) is 0 Å². The normalized spacial score (nSPS) is 14.1. The molecule has 0 unspecified atom stereocenters. The van der Waals surface area contributed by atoms with Gasteiger partial charge in [0.2, 0.25) is 5.91 Å². The highest BCUT2D eigenvalue weighted by Crippen LogP contribution is 2.29. The van der Waals surface area contributed by atoms with E-state index in [1.807, 2.05) is 30.3 Å². The molecule has 1 heterocycles. The third-order valence-electron chi connectivity index (χ3n) is 4.96. The van der Waals surface area contributed by atoms with Gasteiger partial charge in [-0.15, -0.1) is 0 Å². The number of benzene rings is 2. The number of nitrogens with one attached hydrogen (secondary N) is 1. The number of carbonyl (C=O) groups excluding carboxylic acids is 1. The number of morpholine rings is 1. The molecule has 0 bridgehead atoms. The lowest BCUT2D eigenvalue weighted by Gasteiger charge is -2.28. The summed E-state index contributed by atoms with van der Waals surface area (Å²) in [5.41, 5.74) is 3.25. The summed E-state index contributed by atoms with van der Waals surface area (Å²) in [6.45, 7) is 8.17. The van der Waals surface area contributed by atoms with Crippen molar-refractivity contribution >= 4 is 33.2 Å². The molecule has 1 aliphatic heterocycles. The van der Waals surface area contributed by atoms with Crippen LogP contribution in [0.3, 0.4) is 0 Å². The zero-order valence-electron chi connectivity index (χ0n) is 17.1. The maximum atomic E-state index is 12.2. The molecule has 1 saturated heterocycles. The van der Waals surface area contributed by atoms with Gasteiger partial charge in [0.1, 0.15) is 5.75 Å². The first-order valence-electron chi connectivity index (χ1n) is 10.2. The summed E-state index contributed by atoms with van der Waals surface area (Å²) >= 11 is 3.56. The summed E-state index contributed by atoms with van der Waals surface area (Å²) in [7, 11) is 0. The number of hydrogen-bond acceptors (Lipinski definition) is 4. The van der Waals surface area contributed by atoms with E-state index in [2.05, 4.69) is 52.1 Å². The molecule has 0 aromatic heterocycles. The molecule has 1 aliphatic rings. The minimum atomic E-state index is 0.00180. The molecule has 0 spiro atoms. The van der Waals surface area contributed by atoms with Gasteiger partial charge in [-0.3, -0.25) is 4.79 Å². The molecule has 0 aliphatic carbocycles. The molecule has 1 amide bonds. The van der Waals surface area contributed by atoms with Crippen molar-refractivity contribution in [2.24, 2.45) is 0 Å². The van der Waals surface area contributed by atoms with E-state index < -0.39 is 0 Å². The number of amides is 1. The van der Waals surface area contributed by atoms with Gasteiger partial charge >= 0.3 is 0 Å². The monoisotopic (exact) mass is 460 g/mol. The minimum Gasteiger partial charge on any atom is -0.492 e. The van der Waals surface area contributed by atoms with Gasteiger partial charge in [-0.05, 0) is 70.2 Å². The number of anilines is 2. The van der Waals surface area contributed by atoms with Crippen molar-refractivity contribution in [3.8, 4) is 5.75 Å². The SMILES string of the molecule is CC(C)c1ccc(OCCCC(=O)Nc2ccc(N3CCOCC3)cc2)c(Br)c1.